The molecule has 1 heterocycles. The summed E-state index contributed by atoms with van der Waals surface area (Å²) in [6.45, 7) is 4.37. The fourth-order valence-electron chi connectivity index (χ4n) is 2.99. The van der Waals surface area contributed by atoms with Gasteiger partial charge in [0, 0.05) is 0 Å². The van der Waals surface area contributed by atoms with Crippen LogP contribution in [0.5, 0.6) is 0 Å². The molecular weight excluding hydrogens is 184 g/mol. The molecule has 0 amide bonds. The molecule has 0 bridgehead atoms. The highest BCUT2D eigenvalue weighted by Gasteiger charge is 2.60. The van der Waals surface area contributed by atoms with Crippen molar-refractivity contribution in [2.24, 2.45) is 0 Å². The second kappa shape index (κ2) is 2.10. The number of ether oxygens (including phenoxy) is 1. The van der Waals surface area contributed by atoms with Crippen molar-refractivity contribution in [1.82, 2.24) is 0 Å². The third-order valence-corrected chi connectivity index (χ3v) is 3.91. The molecule has 0 radical (unpaired) electrons. The van der Waals surface area contributed by atoms with Gasteiger partial charge >= 0.3 is 0 Å². The van der Waals surface area contributed by atoms with Crippen molar-refractivity contribution in [1.29, 1.82) is 0 Å². The van der Waals surface area contributed by atoms with E-state index in [9.17, 15) is 0 Å². The molecule has 0 N–H and O–H groups in total. The van der Waals surface area contributed by atoms with Crippen molar-refractivity contribution in [2.45, 2.75) is 25.6 Å². The number of hydrogen-bond donors (Lipinski definition) is 0. The van der Waals surface area contributed by atoms with Crippen LogP contribution in [0.2, 0.25) is 0 Å². The average molecular weight is 196 g/mol. The third-order valence-electron chi connectivity index (χ3n) is 3.91. The van der Waals surface area contributed by atoms with Gasteiger partial charge in [0.05, 0.1) is 0 Å². The number of epoxide rings is 1. The number of hydrogen-bond acceptors (Lipinski definition) is 1. The molecule has 4 rings (SSSR count). The summed E-state index contributed by atoms with van der Waals surface area (Å²) in [7, 11) is 0. The number of benzene rings is 2. The van der Waals surface area contributed by atoms with Crippen LogP contribution in [0.1, 0.15) is 29.7 Å². The lowest BCUT2D eigenvalue weighted by atomic mass is 9.97. The minimum absolute atomic E-state index is 0.0182. The normalized spacial score (nSPS) is 30.7. The molecule has 1 fully saturated rings. The maximum atomic E-state index is 5.80. The van der Waals surface area contributed by atoms with E-state index < -0.39 is 0 Å². The van der Waals surface area contributed by atoms with Crippen LogP contribution in [0, 0.1) is 6.92 Å². The largest absolute Gasteiger partial charge is 0.356 e. The van der Waals surface area contributed by atoms with Gasteiger partial charge in [0.15, 0.2) is 0 Å². The molecule has 1 nitrogen and oxygen atoms in total. The number of rotatable bonds is 0. The fourth-order valence-corrected chi connectivity index (χ4v) is 2.99. The fraction of sp³-hybridized carbons (Fsp3) is 0.286. The SMILES string of the molecule is Cc1ccc2c3c(cccc13)C1OC21C. The second-order valence-electron chi connectivity index (χ2n) is 4.80. The van der Waals surface area contributed by atoms with E-state index in [1.54, 1.807) is 0 Å². The molecule has 74 valence electrons. The van der Waals surface area contributed by atoms with E-state index in [2.05, 4.69) is 44.2 Å². The summed E-state index contributed by atoms with van der Waals surface area (Å²) in [6.07, 6.45) is 0.318. The van der Waals surface area contributed by atoms with Crippen LogP contribution < -0.4 is 0 Å². The second-order valence-corrected chi connectivity index (χ2v) is 4.80. The Labute approximate surface area is 88.7 Å². The van der Waals surface area contributed by atoms with Crippen molar-refractivity contribution in [3.8, 4) is 0 Å². The summed E-state index contributed by atoms with van der Waals surface area (Å²) in [6, 6.07) is 11.0. The van der Waals surface area contributed by atoms with Gasteiger partial charge < -0.3 is 4.74 Å². The topological polar surface area (TPSA) is 12.5 Å². The van der Waals surface area contributed by atoms with Gasteiger partial charge in [-0.15, -0.1) is 0 Å². The molecule has 15 heavy (non-hydrogen) atoms. The maximum absolute atomic E-state index is 5.80. The lowest BCUT2D eigenvalue weighted by molar-refractivity contribution is 0.311. The molecule has 2 aliphatic rings. The van der Waals surface area contributed by atoms with Crippen molar-refractivity contribution in [2.75, 3.05) is 0 Å². The summed E-state index contributed by atoms with van der Waals surface area (Å²) >= 11 is 0. The minimum atomic E-state index is -0.0182. The van der Waals surface area contributed by atoms with Gasteiger partial charge in [-0.1, -0.05) is 30.3 Å². The third kappa shape index (κ3) is 0.721. The molecule has 2 aromatic carbocycles. The molecule has 0 saturated carbocycles. The Morgan fingerprint density at radius 2 is 2.07 bits per heavy atom. The first-order chi connectivity index (χ1) is 7.22. The van der Waals surface area contributed by atoms with E-state index in [-0.39, 0.29) is 5.60 Å². The van der Waals surface area contributed by atoms with E-state index in [1.165, 1.54) is 27.5 Å². The Bertz CT molecular complexity index is 600. The Kier molecular flexibility index (Phi) is 1.10. The van der Waals surface area contributed by atoms with Gasteiger partial charge in [-0.3, -0.25) is 0 Å². The highest BCUT2D eigenvalue weighted by Crippen LogP contribution is 2.64. The van der Waals surface area contributed by atoms with E-state index >= 15 is 0 Å². The van der Waals surface area contributed by atoms with Gasteiger partial charge in [-0.05, 0) is 41.3 Å². The average Bonchev–Trinajstić information content (AvgIpc) is 2.86. The van der Waals surface area contributed by atoms with Crippen molar-refractivity contribution >= 4 is 10.8 Å². The molecular formula is C14H12O. The standard InChI is InChI=1S/C14H12O/c1-8-6-7-11-12-9(8)4-3-5-10(12)13-14(11,2)15-13/h3-7,13H,1-2H3. The Morgan fingerprint density at radius 1 is 1.20 bits per heavy atom. The lowest BCUT2D eigenvalue weighted by Crippen LogP contribution is -1.99. The summed E-state index contributed by atoms with van der Waals surface area (Å²) in [5.41, 5.74) is 4.10. The summed E-state index contributed by atoms with van der Waals surface area (Å²) in [4.78, 5) is 0. The first-order valence-electron chi connectivity index (χ1n) is 5.42. The molecule has 0 aromatic heterocycles. The highest BCUT2D eigenvalue weighted by molar-refractivity contribution is 5.95. The first-order valence-corrected chi connectivity index (χ1v) is 5.42. The predicted octanol–water partition coefficient (Wildman–Crippen LogP) is 3.45. The zero-order valence-electron chi connectivity index (χ0n) is 8.87. The van der Waals surface area contributed by atoms with E-state index in [4.69, 9.17) is 4.74 Å². The van der Waals surface area contributed by atoms with E-state index in [1.807, 2.05) is 0 Å². The van der Waals surface area contributed by atoms with Gasteiger partial charge in [-0.25, -0.2) is 0 Å². The molecule has 2 unspecified atom stereocenters. The lowest BCUT2D eigenvalue weighted by Gasteiger charge is -2.09. The molecule has 0 spiro atoms. The van der Waals surface area contributed by atoms with Crippen LogP contribution in [0.15, 0.2) is 30.3 Å². The summed E-state index contributed by atoms with van der Waals surface area (Å²) < 4.78 is 5.80. The molecule has 2 atom stereocenters. The Hall–Kier alpha value is -1.34. The number of fused-ring (bicyclic) bond motifs is 3. The molecule has 1 aliphatic heterocycles. The molecule has 1 saturated heterocycles. The predicted molar refractivity (Wildman–Crippen MR) is 59.9 cm³/mol. The van der Waals surface area contributed by atoms with Crippen LogP contribution in [0.3, 0.4) is 0 Å². The summed E-state index contributed by atoms with van der Waals surface area (Å²) in [5, 5.41) is 2.83. The van der Waals surface area contributed by atoms with Crippen LogP contribution in [0.4, 0.5) is 0 Å². The summed E-state index contributed by atoms with van der Waals surface area (Å²) in [5.74, 6) is 0. The van der Waals surface area contributed by atoms with Crippen molar-refractivity contribution < 1.29 is 4.74 Å². The van der Waals surface area contributed by atoms with Crippen molar-refractivity contribution in [3.63, 3.8) is 0 Å². The van der Waals surface area contributed by atoms with Crippen LogP contribution in [-0.4, -0.2) is 0 Å². The zero-order chi connectivity index (χ0) is 10.2. The van der Waals surface area contributed by atoms with Gasteiger partial charge in [0.2, 0.25) is 0 Å². The zero-order valence-corrected chi connectivity index (χ0v) is 8.87. The van der Waals surface area contributed by atoms with Crippen LogP contribution in [-0.2, 0) is 10.3 Å². The van der Waals surface area contributed by atoms with Crippen LogP contribution >= 0.6 is 0 Å². The quantitative estimate of drug-likeness (QED) is 0.588. The molecule has 1 aliphatic carbocycles. The highest BCUT2D eigenvalue weighted by atomic mass is 16.6. The number of aryl methyl sites for hydroxylation is 1. The monoisotopic (exact) mass is 196 g/mol. The Morgan fingerprint density at radius 3 is 2.93 bits per heavy atom. The maximum Gasteiger partial charge on any atom is 0.122 e. The van der Waals surface area contributed by atoms with E-state index in [0.29, 0.717) is 6.10 Å². The van der Waals surface area contributed by atoms with Crippen LogP contribution in [0.25, 0.3) is 10.8 Å². The smallest absolute Gasteiger partial charge is 0.122 e. The van der Waals surface area contributed by atoms with Gasteiger partial charge in [0.1, 0.15) is 11.7 Å². The van der Waals surface area contributed by atoms with E-state index in [0.717, 1.165) is 0 Å². The Balaban J connectivity index is 2.26. The van der Waals surface area contributed by atoms with Gasteiger partial charge in [-0.2, -0.15) is 0 Å². The minimum Gasteiger partial charge on any atom is -0.356 e. The van der Waals surface area contributed by atoms with Crippen molar-refractivity contribution in [3.05, 3.63) is 47.0 Å². The molecule has 1 heteroatoms. The molecule has 2 aromatic rings. The van der Waals surface area contributed by atoms with Gasteiger partial charge in [0.25, 0.3) is 0 Å². The first kappa shape index (κ1) is 7.89.